The third-order valence-electron chi connectivity index (χ3n) is 2.52. The zero-order chi connectivity index (χ0) is 16.3. The molecule has 1 aromatic carbocycles. The number of amides is 2. The van der Waals surface area contributed by atoms with Crippen molar-refractivity contribution in [2.45, 2.75) is 18.0 Å². The average molecular weight is 350 g/mol. The van der Waals surface area contributed by atoms with E-state index in [-0.39, 0.29) is 16.4 Å². The van der Waals surface area contributed by atoms with Gasteiger partial charge in [-0.1, -0.05) is 36.1 Å². The van der Waals surface area contributed by atoms with Crippen molar-refractivity contribution in [3.63, 3.8) is 0 Å². The fourth-order valence-electron chi connectivity index (χ4n) is 1.68. The van der Waals surface area contributed by atoms with E-state index in [9.17, 15) is 22.8 Å². The predicted molar refractivity (Wildman–Crippen MR) is 78.5 cm³/mol. The lowest BCUT2D eigenvalue weighted by molar-refractivity contribution is -0.274. The Morgan fingerprint density at radius 1 is 1.41 bits per heavy atom. The fraction of sp³-hybridized carbons (Fsp3) is 0.250. The van der Waals surface area contributed by atoms with Crippen LogP contribution in [0.1, 0.15) is 6.42 Å². The molecule has 10 heteroatoms. The molecule has 1 aromatic rings. The maximum absolute atomic E-state index is 12.3. The summed E-state index contributed by atoms with van der Waals surface area (Å²) < 4.78 is 40.9. The zero-order valence-corrected chi connectivity index (χ0v) is 12.4. The van der Waals surface area contributed by atoms with E-state index in [1.807, 2.05) is 0 Å². The van der Waals surface area contributed by atoms with Crippen LogP contribution < -0.4 is 15.4 Å². The number of halogens is 3. The van der Waals surface area contributed by atoms with Crippen LogP contribution in [0.25, 0.3) is 0 Å². The van der Waals surface area contributed by atoms with Gasteiger partial charge in [-0.25, -0.2) is 0 Å². The highest BCUT2D eigenvalue weighted by molar-refractivity contribution is 8.24. The third-order valence-corrected chi connectivity index (χ3v) is 3.90. The second-order valence-electron chi connectivity index (χ2n) is 4.18. The SMILES string of the molecule is O=C(C[C@H]1SC(=S)NC1=O)Nc1ccccc1OC(F)(F)F. The summed E-state index contributed by atoms with van der Waals surface area (Å²) in [7, 11) is 0. The Morgan fingerprint density at radius 2 is 2.09 bits per heavy atom. The van der Waals surface area contributed by atoms with Crippen molar-refractivity contribution in [2.75, 3.05) is 5.32 Å². The number of nitrogens with one attached hydrogen (secondary N) is 2. The van der Waals surface area contributed by atoms with Gasteiger partial charge in [-0.2, -0.15) is 0 Å². The Morgan fingerprint density at radius 3 is 2.68 bits per heavy atom. The minimum absolute atomic E-state index is 0.129. The first-order valence-corrected chi connectivity index (χ1v) is 7.19. The summed E-state index contributed by atoms with van der Waals surface area (Å²) in [6, 6.07) is 5.14. The number of para-hydroxylation sites is 2. The first-order valence-electron chi connectivity index (χ1n) is 5.91. The summed E-state index contributed by atoms with van der Waals surface area (Å²) in [5.74, 6) is -1.54. The second-order valence-corrected chi connectivity index (χ2v) is 6.06. The van der Waals surface area contributed by atoms with Crippen molar-refractivity contribution < 1.29 is 27.5 Å². The van der Waals surface area contributed by atoms with Crippen LogP contribution in [0.15, 0.2) is 24.3 Å². The first kappa shape index (κ1) is 16.6. The molecule has 2 N–H and O–H groups in total. The minimum atomic E-state index is -4.87. The fourth-order valence-corrected chi connectivity index (χ4v) is 2.95. The van der Waals surface area contributed by atoms with Gasteiger partial charge in [0.1, 0.15) is 4.32 Å². The quantitative estimate of drug-likeness (QED) is 0.817. The Hall–Kier alpha value is -1.81. The number of anilines is 1. The van der Waals surface area contributed by atoms with E-state index in [0.29, 0.717) is 0 Å². The monoisotopic (exact) mass is 350 g/mol. The van der Waals surface area contributed by atoms with E-state index >= 15 is 0 Å². The minimum Gasteiger partial charge on any atom is -0.404 e. The van der Waals surface area contributed by atoms with Crippen molar-refractivity contribution in [3.05, 3.63) is 24.3 Å². The number of thiocarbonyl (C=S) groups is 1. The first-order chi connectivity index (χ1) is 10.2. The molecule has 22 heavy (non-hydrogen) atoms. The Balaban J connectivity index is 2.03. The number of hydrogen-bond acceptors (Lipinski definition) is 5. The zero-order valence-electron chi connectivity index (χ0n) is 10.8. The summed E-state index contributed by atoms with van der Waals surface area (Å²) in [5.41, 5.74) is -0.129. The number of ether oxygens (including phenoxy) is 1. The molecule has 118 valence electrons. The maximum Gasteiger partial charge on any atom is 0.573 e. The van der Waals surface area contributed by atoms with E-state index in [2.05, 4.69) is 15.4 Å². The van der Waals surface area contributed by atoms with Crippen molar-refractivity contribution >= 4 is 45.8 Å². The standard InChI is InChI=1S/C12H9F3N2O3S2/c13-12(14,15)20-7-4-2-1-3-6(7)16-9(18)5-8-10(19)17-11(21)22-8/h1-4,8H,5H2,(H,16,18)(H,17,19,21)/t8-/m1/s1. The molecule has 2 amide bonds. The molecule has 1 saturated heterocycles. The second kappa shape index (κ2) is 6.53. The van der Waals surface area contributed by atoms with Gasteiger partial charge in [-0.15, -0.1) is 13.2 Å². The van der Waals surface area contributed by atoms with Crippen LogP contribution in [-0.4, -0.2) is 27.7 Å². The Labute approximate surface area is 132 Å². The molecular weight excluding hydrogens is 341 g/mol. The van der Waals surface area contributed by atoms with Crippen molar-refractivity contribution in [3.8, 4) is 5.75 Å². The molecule has 1 heterocycles. The van der Waals surface area contributed by atoms with E-state index in [0.717, 1.165) is 17.8 Å². The van der Waals surface area contributed by atoms with Gasteiger partial charge in [0.05, 0.1) is 10.9 Å². The van der Waals surface area contributed by atoms with Crippen molar-refractivity contribution in [1.29, 1.82) is 0 Å². The largest absolute Gasteiger partial charge is 0.573 e. The summed E-state index contributed by atoms with van der Waals surface area (Å²) in [6.07, 6.45) is -5.08. The molecule has 0 bridgehead atoms. The van der Waals surface area contributed by atoms with Crippen LogP contribution in [0.2, 0.25) is 0 Å². The third kappa shape index (κ3) is 4.60. The molecule has 0 saturated carbocycles. The molecule has 0 aromatic heterocycles. The van der Waals surface area contributed by atoms with Crippen LogP contribution in [0.4, 0.5) is 18.9 Å². The molecular formula is C12H9F3N2O3S2. The molecule has 1 atom stereocenters. The van der Waals surface area contributed by atoms with Crippen molar-refractivity contribution in [2.24, 2.45) is 0 Å². The summed E-state index contributed by atoms with van der Waals surface area (Å²) in [6.45, 7) is 0. The molecule has 0 unspecified atom stereocenters. The highest BCUT2D eigenvalue weighted by Crippen LogP contribution is 2.30. The Kier molecular flexibility index (Phi) is 4.91. The lowest BCUT2D eigenvalue weighted by Gasteiger charge is -2.14. The van der Waals surface area contributed by atoms with E-state index in [1.54, 1.807) is 0 Å². The normalized spacial score (nSPS) is 18.0. The average Bonchev–Trinajstić information content (AvgIpc) is 2.68. The number of carbonyl (C=O) groups excluding carboxylic acids is 2. The molecule has 0 spiro atoms. The number of rotatable bonds is 4. The van der Waals surface area contributed by atoms with Gasteiger partial charge < -0.3 is 15.4 Å². The number of carbonyl (C=O) groups is 2. The van der Waals surface area contributed by atoms with Crippen LogP contribution in [0, 0.1) is 0 Å². The highest BCUT2D eigenvalue weighted by Gasteiger charge is 2.33. The number of hydrogen-bond donors (Lipinski definition) is 2. The molecule has 2 rings (SSSR count). The van der Waals surface area contributed by atoms with Gasteiger partial charge in [0.2, 0.25) is 11.8 Å². The number of thioether (sulfide) groups is 1. The maximum atomic E-state index is 12.3. The molecule has 1 aliphatic rings. The summed E-state index contributed by atoms with van der Waals surface area (Å²) in [4.78, 5) is 23.3. The molecule has 5 nitrogen and oxygen atoms in total. The van der Waals surface area contributed by atoms with Crippen LogP contribution >= 0.6 is 24.0 Å². The van der Waals surface area contributed by atoms with Gasteiger partial charge in [0, 0.05) is 6.42 Å². The van der Waals surface area contributed by atoms with E-state index in [4.69, 9.17) is 12.2 Å². The number of benzene rings is 1. The van der Waals surface area contributed by atoms with Crippen molar-refractivity contribution in [1.82, 2.24) is 5.32 Å². The van der Waals surface area contributed by atoms with Crippen LogP contribution in [0.3, 0.4) is 0 Å². The lowest BCUT2D eigenvalue weighted by Crippen LogP contribution is -2.27. The van der Waals surface area contributed by atoms with Gasteiger partial charge in [-0.05, 0) is 12.1 Å². The highest BCUT2D eigenvalue weighted by atomic mass is 32.2. The van der Waals surface area contributed by atoms with E-state index < -0.39 is 29.2 Å². The molecule has 0 aliphatic carbocycles. The molecule has 1 aliphatic heterocycles. The number of alkyl halides is 3. The summed E-state index contributed by atoms with van der Waals surface area (Å²) in [5, 5.41) is 3.98. The Bertz CT molecular complexity index is 622. The van der Waals surface area contributed by atoms with Gasteiger partial charge >= 0.3 is 6.36 Å². The predicted octanol–water partition coefficient (Wildman–Crippen LogP) is 2.43. The van der Waals surface area contributed by atoms with Crippen LogP contribution in [0.5, 0.6) is 5.75 Å². The topological polar surface area (TPSA) is 67.4 Å². The van der Waals surface area contributed by atoms with Gasteiger partial charge in [0.25, 0.3) is 0 Å². The lowest BCUT2D eigenvalue weighted by atomic mass is 10.2. The van der Waals surface area contributed by atoms with E-state index in [1.165, 1.54) is 18.2 Å². The van der Waals surface area contributed by atoms with Gasteiger partial charge in [0.15, 0.2) is 5.75 Å². The molecule has 1 fully saturated rings. The summed E-state index contributed by atoms with van der Waals surface area (Å²) >= 11 is 5.82. The van der Waals surface area contributed by atoms with Crippen LogP contribution in [-0.2, 0) is 9.59 Å². The molecule has 0 radical (unpaired) electrons. The van der Waals surface area contributed by atoms with Gasteiger partial charge in [-0.3, -0.25) is 9.59 Å². The smallest absolute Gasteiger partial charge is 0.404 e.